The van der Waals surface area contributed by atoms with Gasteiger partial charge in [-0.15, -0.1) is 0 Å². The van der Waals surface area contributed by atoms with Crippen molar-refractivity contribution in [1.82, 2.24) is 4.98 Å². The zero-order valence-corrected chi connectivity index (χ0v) is 11.6. The molecule has 7 nitrogen and oxygen atoms in total. The van der Waals surface area contributed by atoms with Crippen LogP contribution in [0.3, 0.4) is 0 Å². The maximum absolute atomic E-state index is 12.0. The average molecular weight is 303 g/mol. The number of fused-ring (bicyclic) bond motifs is 1. The molecule has 2 aromatic heterocycles. The lowest BCUT2D eigenvalue weighted by molar-refractivity contribution is -0.380. The van der Waals surface area contributed by atoms with Crippen LogP contribution >= 0.6 is 11.3 Å². The number of nitrogens with one attached hydrogen (secondary N) is 1. The molecule has 2 heterocycles. The minimum Gasteiger partial charge on any atom is -0.441 e. The fraction of sp³-hybridized carbons (Fsp3) is 0.0769. The van der Waals surface area contributed by atoms with Crippen molar-refractivity contribution in [3.05, 3.63) is 51.2 Å². The molecule has 0 fully saturated rings. The van der Waals surface area contributed by atoms with E-state index in [1.54, 1.807) is 25.1 Å². The fourth-order valence-corrected chi connectivity index (χ4v) is 2.57. The molecule has 8 heteroatoms. The van der Waals surface area contributed by atoms with Crippen LogP contribution in [0.1, 0.15) is 16.2 Å². The third-order valence-electron chi connectivity index (χ3n) is 2.78. The monoisotopic (exact) mass is 303 g/mol. The van der Waals surface area contributed by atoms with Gasteiger partial charge in [-0.1, -0.05) is 11.3 Å². The lowest BCUT2D eigenvalue weighted by Crippen LogP contribution is -2.10. The maximum atomic E-state index is 12.0. The molecule has 1 aromatic carbocycles. The summed E-state index contributed by atoms with van der Waals surface area (Å²) in [7, 11) is 0. The second-order valence-electron chi connectivity index (χ2n) is 4.30. The van der Waals surface area contributed by atoms with E-state index in [0.717, 1.165) is 11.3 Å². The van der Waals surface area contributed by atoms with Gasteiger partial charge < -0.3 is 9.73 Å². The van der Waals surface area contributed by atoms with Crippen molar-refractivity contribution in [3.63, 3.8) is 0 Å². The summed E-state index contributed by atoms with van der Waals surface area (Å²) < 4.78 is 5.35. The van der Waals surface area contributed by atoms with Gasteiger partial charge in [0.2, 0.25) is 0 Å². The highest BCUT2D eigenvalue weighted by Gasteiger charge is 2.15. The molecule has 106 valence electrons. The number of thiophene rings is 1. The highest BCUT2D eigenvalue weighted by Crippen LogP contribution is 2.24. The van der Waals surface area contributed by atoms with E-state index in [-0.39, 0.29) is 10.6 Å². The molecule has 3 aromatic rings. The van der Waals surface area contributed by atoms with Crippen LogP contribution < -0.4 is 5.32 Å². The van der Waals surface area contributed by atoms with Gasteiger partial charge in [0.1, 0.15) is 5.52 Å². The molecule has 1 amide bonds. The Hall–Kier alpha value is -2.74. The van der Waals surface area contributed by atoms with Gasteiger partial charge in [-0.25, -0.2) is 4.98 Å². The fourth-order valence-electron chi connectivity index (χ4n) is 1.86. The standard InChI is InChI=1S/C13H9N3O4S/c1-7-14-10-5-9(2-3-11(10)20-7)15-13(17)8-4-12(16(18)19)21-6-8/h2-6H,1H3,(H,15,17). The van der Waals surface area contributed by atoms with Crippen LogP contribution in [0.2, 0.25) is 0 Å². The molecule has 0 saturated heterocycles. The Balaban J connectivity index is 1.83. The van der Waals surface area contributed by atoms with Gasteiger partial charge in [0.15, 0.2) is 11.5 Å². The van der Waals surface area contributed by atoms with Crippen LogP contribution in [0.4, 0.5) is 10.7 Å². The molecule has 0 unspecified atom stereocenters. The number of hydrogen-bond donors (Lipinski definition) is 1. The van der Waals surface area contributed by atoms with Crippen molar-refractivity contribution in [2.75, 3.05) is 5.32 Å². The number of benzene rings is 1. The first-order valence-electron chi connectivity index (χ1n) is 5.94. The van der Waals surface area contributed by atoms with Gasteiger partial charge in [0, 0.05) is 24.1 Å². The van der Waals surface area contributed by atoms with Crippen LogP contribution in [0.25, 0.3) is 11.1 Å². The molecule has 0 aliphatic rings. The predicted octanol–water partition coefficient (Wildman–Crippen LogP) is 3.36. The Morgan fingerprint density at radius 1 is 1.43 bits per heavy atom. The van der Waals surface area contributed by atoms with Gasteiger partial charge in [0.05, 0.1) is 10.5 Å². The maximum Gasteiger partial charge on any atom is 0.324 e. The molecule has 3 rings (SSSR count). The molecular formula is C13H9N3O4S. The molecule has 0 atom stereocenters. The van der Waals surface area contributed by atoms with Gasteiger partial charge in [0.25, 0.3) is 5.91 Å². The first kappa shape index (κ1) is 13.3. The molecule has 0 bridgehead atoms. The molecular weight excluding hydrogens is 294 g/mol. The van der Waals surface area contributed by atoms with Gasteiger partial charge >= 0.3 is 5.00 Å². The summed E-state index contributed by atoms with van der Waals surface area (Å²) in [5.41, 5.74) is 2.08. The van der Waals surface area contributed by atoms with Crippen molar-refractivity contribution in [2.24, 2.45) is 0 Å². The Labute approximate surface area is 122 Å². The molecule has 0 radical (unpaired) electrons. The number of aromatic nitrogens is 1. The zero-order chi connectivity index (χ0) is 15.0. The number of nitrogens with zero attached hydrogens (tertiary/aromatic N) is 2. The van der Waals surface area contributed by atoms with E-state index in [1.807, 2.05) is 0 Å². The number of hydrogen-bond acceptors (Lipinski definition) is 6. The zero-order valence-electron chi connectivity index (χ0n) is 10.8. The predicted molar refractivity (Wildman–Crippen MR) is 77.7 cm³/mol. The number of anilines is 1. The van der Waals surface area contributed by atoms with Crippen molar-refractivity contribution >= 4 is 39.0 Å². The van der Waals surface area contributed by atoms with Gasteiger partial charge in [-0.05, 0) is 18.2 Å². The number of amides is 1. The summed E-state index contributed by atoms with van der Waals surface area (Å²) in [6, 6.07) is 6.33. The van der Waals surface area contributed by atoms with Crippen LogP contribution in [0, 0.1) is 17.0 Å². The molecule has 0 spiro atoms. The molecule has 0 aliphatic carbocycles. The third kappa shape index (κ3) is 2.61. The minimum absolute atomic E-state index is 0.0669. The number of nitro groups is 1. The highest BCUT2D eigenvalue weighted by atomic mass is 32.1. The first-order chi connectivity index (χ1) is 10.0. The number of carbonyl (C=O) groups excluding carboxylic acids is 1. The SMILES string of the molecule is Cc1nc2cc(NC(=O)c3csc([N+](=O)[O-])c3)ccc2o1. The molecule has 1 N–H and O–H groups in total. The number of oxazole rings is 1. The number of carbonyl (C=O) groups is 1. The van der Waals surface area contributed by atoms with Gasteiger partial charge in [-0.3, -0.25) is 14.9 Å². The van der Waals surface area contributed by atoms with E-state index in [9.17, 15) is 14.9 Å². The normalized spacial score (nSPS) is 10.7. The van der Waals surface area contributed by atoms with E-state index in [1.165, 1.54) is 11.4 Å². The summed E-state index contributed by atoms with van der Waals surface area (Å²) in [6.07, 6.45) is 0. The van der Waals surface area contributed by atoms with E-state index in [2.05, 4.69) is 10.3 Å². The summed E-state index contributed by atoms with van der Waals surface area (Å²) in [6.45, 7) is 1.74. The van der Waals surface area contributed by atoms with E-state index in [4.69, 9.17) is 4.42 Å². The molecule has 0 saturated carbocycles. The first-order valence-corrected chi connectivity index (χ1v) is 6.82. The molecule has 0 aliphatic heterocycles. The Kier molecular flexibility index (Phi) is 3.15. The van der Waals surface area contributed by atoms with Crippen molar-refractivity contribution < 1.29 is 14.1 Å². The van der Waals surface area contributed by atoms with Crippen LogP contribution in [0.15, 0.2) is 34.1 Å². The molecule has 21 heavy (non-hydrogen) atoms. The lowest BCUT2D eigenvalue weighted by atomic mass is 10.2. The average Bonchev–Trinajstić information content (AvgIpc) is 3.03. The quantitative estimate of drug-likeness (QED) is 0.591. The van der Waals surface area contributed by atoms with E-state index in [0.29, 0.717) is 22.7 Å². The van der Waals surface area contributed by atoms with Crippen molar-refractivity contribution in [2.45, 2.75) is 6.92 Å². The minimum atomic E-state index is -0.522. The Morgan fingerprint density at radius 2 is 2.24 bits per heavy atom. The van der Waals surface area contributed by atoms with Crippen molar-refractivity contribution in [1.29, 1.82) is 0 Å². The third-order valence-corrected chi connectivity index (χ3v) is 3.66. The van der Waals surface area contributed by atoms with E-state index < -0.39 is 10.8 Å². The van der Waals surface area contributed by atoms with Crippen LogP contribution in [-0.2, 0) is 0 Å². The topological polar surface area (TPSA) is 98.3 Å². The smallest absolute Gasteiger partial charge is 0.324 e. The summed E-state index contributed by atoms with van der Waals surface area (Å²) in [5, 5.41) is 14.7. The summed E-state index contributed by atoms with van der Waals surface area (Å²) >= 11 is 0.915. The van der Waals surface area contributed by atoms with Crippen LogP contribution in [-0.4, -0.2) is 15.8 Å². The van der Waals surface area contributed by atoms with Gasteiger partial charge in [-0.2, -0.15) is 0 Å². The van der Waals surface area contributed by atoms with E-state index >= 15 is 0 Å². The largest absolute Gasteiger partial charge is 0.441 e. The Morgan fingerprint density at radius 3 is 2.95 bits per heavy atom. The number of aryl methyl sites for hydroxylation is 1. The second kappa shape index (κ2) is 4.98. The lowest BCUT2D eigenvalue weighted by Gasteiger charge is -2.02. The second-order valence-corrected chi connectivity index (χ2v) is 5.19. The summed E-state index contributed by atoms with van der Waals surface area (Å²) in [4.78, 5) is 26.3. The van der Waals surface area contributed by atoms with Crippen molar-refractivity contribution in [3.8, 4) is 0 Å². The highest BCUT2D eigenvalue weighted by molar-refractivity contribution is 7.13. The van der Waals surface area contributed by atoms with Crippen LogP contribution in [0.5, 0.6) is 0 Å². The Bertz CT molecular complexity index is 852. The summed E-state index contributed by atoms with van der Waals surface area (Å²) in [5.74, 6) is 0.140. The number of rotatable bonds is 3.